The molecule has 0 unspecified atom stereocenters. The fourth-order valence-electron chi connectivity index (χ4n) is 6.57. The van der Waals surface area contributed by atoms with Crippen LogP contribution in [-0.2, 0) is 12.8 Å². The monoisotopic (exact) mass is 478 g/mol. The molecule has 7 rings (SSSR count). The summed E-state index contributed by atoms with van der Waals surface area (Å²) in [7, 11) is 0. The van der Waals surface area contributed by atoms with E-state index in [4.69, 9.17) is 0 Å². The second-order valence-electron chi connectivity index (χ2n) is 10.8. The first-order chi connectivity index (χ1) is 18.2. The molecule has 0 bridgehead atoms. The normalized spacial score (nSPS) is 15.4. The molecule has 1 fully saturated rings. The second kappa shape index (κ2) is 8.79. The van der Waals surface area contributed by atoms with Crippen molar-refractivity contribution in [3.05, 3.63) is 102 Å². The lowest BCUT2D eigenvalue weighted by Crippen LogP contribution is -2.34. The van der Waals surface area contributed by atoms with Crippen molar-refractivity contribution in [2.45, 2.75) is 32.6 Å². The highest BCUT2D eigenvalue weighted by Crippen LogP contribution is 2.45. The highest BCUT2D eigenvalue weighted by atomic mass is 15.1. The molecule has 1 saturated heterocycles. The lowest BCUT2D eigenvalue weighted by Gasteiger charge is -2.36. The van der Waals surface area contributed by atoms with Crippen LogP contribution < -0.4 is 4.90 Å². The summed E-state index contributed by atoms with van der Waals surface area (Å²) in [4.78, 5) is 2.52. The molecular weight excluding hydrogens is 448 g/mol. The van der Waals surface area contributed by atoms with Gasteiger partial charge in [0.15, 0.2) is 0 Å². The van der Waals surface area contributed by atoms with Crippen molar-refractivity contribution in [2.24, 2.45) is 5.92 Å². The molecule has 5 aromatic rings. The Kier molecular flexibility index (Phi) is 5.26. The summed E-state index contributed by atoms with van der Waals surface area (Å²) in [5.41, 5.74) is 9.62. The lowest BCUT2D eigenvalue weighted by atomic mass is 9.80. The van der Waals surface area contributed by atoms with E-state index >= 15 is 0 Å². The predicted octanol–water partition coefficient (Wildman–Crippen LogP) is 8.53. The molecule has 0 amide bonds. The van der Waals surface area contributed by atoms with Gasteiger partial charge in [-0.25, -0.2) is 0 Å². The number of fused-ring (bicyclic) bond motifs is 6. The Hall–Kier alpha value is -4.09. The molecule has 1 aliphatic carbocycles. The SMILES string of the molecule is CC1CCN(c2c(C#N)c(-c3ccc4c(ccc5ccccc54)c3)cc3c2CCc2ccccc2-3)CC1. The van der Waals surface area contributed by atoms with Crippen LogP contribution in [0.5, 0.6) is 0 Å². The van der Waals surface area contributed by atoms with Crippen LogP contribution in [0.4, 0.5) is 5.69 Å². The van der Waals surface area contributed by atoms with Crippen LogP contribution in [0.2, 0.25) is 0 Å². The highest BCUT2D eigenvalue weighted by Gasteiger charge is 2.28. The van der Waals surface area contributed by atoms with Crippen molar-refractivity contribution >= 4 is 27.2 Å². The smallest absolute Gasteiger partial charge is 0.102 e. The van der Waals surface area contributed by atoms with Crippen molar-refractivity contribution < 1.29 is 0 Å². The zero-order valence-corrected chi connectivity index (χ0v) is 21.3. The number of piperidine rings is 1. The van der Waals surface area contributed by atoms with Crippen LogP contribution >= 0.6 is 0 Å². The molecule has 5 aromatic carbocycles. The van der Waals surface area contributed by atoms with Crippen LogP contribution in [0.15, 0.2) is 84.9 Å². The third-order valence-electron chi connectivity index (χ3n) is 8.63. The molecule has 0 spiro atoms. The maximum absolute atomic E-state index is 10.6. The Morgan fingerprint density at radius 1 is 0.730 bits per heavy atom. The molecule has 180 valence electrons. The molecule has 2 nitrogen and oxygen atoms in total. The van der Waals surface area contributed by atoms with E-state index in [-0.39, 0.29) is 0 Å². The summed E-state index contributed by atoms with van der Waals surface area (Å²) < 4.78 is 0. The van der Waals surface area contributed by atoms with Gasteiger partial charge in [-0.3, -0.25) is 0 Å². The van der Waals surface area contributed by atoms with E-state index in [1.807, 2.05) is 0 Å². The van der Waals surface area contributed by atoms with E-state index in [9.17, 15) is 5.26 Å². The van der Waals surface area contributed by atoms with Gasteiger partial charge in [-0.05, 0) is 93.1 Å². The van der Waals surface area contributed by atoms with E-state index in [1.165, 1.54) is 62.3 Å². The molecule has 0 saturated carbocycles. The van der Waals surface area contributed by atoms with Gasteiger partial charge in [-0.2, -0.15) is 5.26 Å². The van der Waals surface area contributed by atoms with Crippen molar-refractivity contribution in [3.63, 3.8) is 0 Å². The van der Waals surface area contributed by atoms with Crippen molar-refractivity contribution in [1.29, 1.82) is 5.26 Å². The predicted molar refractivity (Wildman–Crippen MR) is 155 cm³/mol. The van der Waals surface area contributed by atoms with Gasteiger partial charge in [0.1, 0.15) is 6.07 Å². The first kappa shape index (κ1) is 22.1. The minimum atomic E-state index is 0.747. The standard InChI is InChI=1S/C35H30N2/c1-23-16-18-37(19-17-23)35-31-15-12-25-7-3-5-9-29(25)33(31)21-32(34(35)22-36)27-13-14-30-26(20-27)11-10-24-6-2-4-8-28(24)30/h2-11,13-14,20-21,23H,12,15-19H2,1H3. The summed E-state index contributed by atoms with van der Waals surface area (Å²) in [5.74, 6) is 0.747. The topological polar surface area (TPSA) is 27.0 Å². The van der Waals surface area contributed by atoms with Gasteiger partial charge in [0, 0.05) is 18.7 Å². The quantitative estimate of drug-likeness (QED) is 0.238. The zero-order valence-electron chi connectivity index (χ0n) is 21.3. The number of hydrogen-bond donors (Lipinski definition) is 0. The van der Waals surface area contributed by atoms with Gasteiger partial charge in [0.05, 0.1) is 11.3 Å². The average molecular weight is 479 g/mol. The first-order valence-corrected chi connectivity index (χ1v) is 13.6. The van der Waals surface area contributed by atoms with Crippen LogP contribution in [0, 0.1) is 17.2 Å². The molecule has 2 aliphatic rings. The summed E-state index contributed by atoms with van der Waals surface area (Å²) in [6, 6.07) is 33.5. The third kappa shape index (κ3) is 3.61. The molecular formula is C35H30N2. The molecule has 0 atom stereocenters. The Balaban J connectivity index is 1.48. The Morgan fingerprint density at radius 3 is 2.35 bits per heavy atom. The number of nitrogens with zero attached hydrogens (tertiary/aromatic N) is 2. The number of anilines is 1. The molecule has 1 heterocycles. The van der Waals surface area contributed by atoms with Gasteiger partial charge in [-0.1, -0.05) is 79.7 Å². The molecule has 1 aliphatic heterocycles. The maximum atomic E-state index is 10.6. The summed E-state index contributed by atoms with van der Waals surface area (Å²) in [6.45, 7) is 4.40. The lowest BCUT2D eigenvalue weighted by molar-refractivity contribution is 0.438. The van der Waals surface area contributed by atoms with Crippen LogP contribution in [-0.4, -0.2) is 13.1 Å². The Morgan fingerprint density at radius 2 is 1.49 bits per heavy atom. The fraction of sp³-hybridized carbons (Fsp3) is 0.229. The largest absolute Gasteiger partial charge is 0.370 e. The molecule has 2 heteroatoms. The molecule has 0 aromatic heterocycles. The summed E-state index contributed by atoms with van der Waals surface area (Å²) in [6.07, 6.45) is 4.40. The Labute approximate surface area is 218 Å². The first-order valence-electron chi connectivity index (χ1n) is 13.6. The molecule has 0 radical (unpaired) electrons. The number of benzene rings is 5. The second-order valence-corrected chi connectivity index (χ2v) is 10.8. The highest BCUT2D eigenvalue weighted by molar-refractivity contribution is 6.08. The van der Waals surface area contributed by atoms with Gasteiger partial charge < -0.3 is 4.90 Å². The van der Waals surface area contributed by atoms with Crippen LogP contribution in [0.1, 0.15) is 36.5 Å². The van der Waals surface area contributed by atoms with E-state index in [2.05, 4.69) is 103 Å². The number of rotatable bonds is 2. The van der Waals surface area contributed by atoms with Crippen molar-refractivity contribution in [1.82, 2.24) is 0 Å². The van der Waals surface area contributed by atoms with Gasteiger partial charge in [0.25, 0.3) is 0 Å². The number of nitriles is 1. The summed E-state index contributed by atoms with van der Waals surface area (Å²) in [5, 5.41) is 15.6. The average Bonchev–Trinajstić information content (AvgIpc) is 2.96. The van der Waals surface area contributed by atoms with Gasteiger partial charge in [0.2, 0.25) is 0 Å². The van der Waals surface area contributed by atoms with E-state index < -0.39 is 0 Å². The van der Waals surface area contributed by atoms with Gasteiger partial charge >= 0.3 is 0 Å². The number of aryl methyl sites for hydroxylation is 1. The fourth-order valence-corrected chi connectivity index (χ4v) is 6.57. The number of hydrogen-bond acceptors (Lipinski definition) is 2. The van der Waals surface area contributed by atoms with Crippen molar-refractivity contribution in [3.8, 4) is 28.3 Å². The minimum Gasteiger partial charge on any atom is -0.370 e. The van der Waals surface area contributed by atoms with Gasteiger partial charge in [-0.15, -0.1) is 0 Å². The zero-order chi connectivity index (χ0) is 24.9. The third-order valence-corrected chi connectivity index (χ3v) is 8.63. The van der Waals surface area contributed by atoms with E-state index in [0.717, 1.165) is 48.5 Å². The van der Waals surface area contributed by atoms with Crippen molar-refractivity contribution in [2.75, 3.05) is 18.0 Å². The summed E-state index contributed by atoms with van der Waals surface area (Å²) >= 11 is 0. The van der Waals surface area contributed by atoms with E-state index in [0.29, 0.717) is 0 Å². The Bertz CT molecular complexity index is 1710. The minimum absolute atomic E-state index is 0.747. The molecule has 37 heavy (non-hydrogen) atoms. The van der Waals surface area contributed by atoms with Crippen LogP contribution in [0.3, 0.4) is 0 Å². The maximum Gasteiger partial charge on any atom is 0.102 e. The van der Waals surface area contributed by atoms with E-state index in [1.54, 1.807) is 0 Å². The van der Waals surface area contributed by atoms with Crippen LogP contribution in [0.25, 0.3) is 43.8 Å². The molecule has 0 N–H and O–H groups in total.